The highest BCUT2D eigenvalue weighted by Gasteiger charge is 2.12. The molecule has 0 nitrogen and oxygen atoms in total. The number of halogens is 1. The molecule has 0 saturated carbocycles. The Kier molecular flexibility index (Phi) is 9.26. The van der Waals surface area contributed by atoms with Gasteiger partial charge in [0.1, 0.15) is 0 Å². The van der Waals surface area contributed by atoms with Gasteiger partial charge >= 0.3 is 0 Å². The first-order valence-corrected chi connectivity index (χ1v) is 7.33. The molecule has 0 amide bonds. The molecular formula is C16H27Cl. The van der Waals surface area contributed by atoms with Crippen LogP contribution in [0.3, 0.4) is 0 Å². The molecule has 1 aromatic rings. The highest BCUT2D eigenvalue weighted by Crippen LogP contribution is 2.31. The molecular weight excluding hydrogens is 228 g/mol. The first kappa shape index (κ1) is 16.5. The molecule has 0 radical (unpaired) electrons. The van der Waals surface area contributed by atoms with Crippen LogP contribution in [0.2, 0.25) is 5.02 Å². The van der Waals surface area contributed by atoms with Gasteiger partial charge in [-0.3, -0.25) is 0 Å². The van der Waals surface area contributed by atoms with Gasteiger partial charge in [-0.15, -0.1) is 0 Å². The molecule has 0 aliphatic rings. The molecule has 0 bridgehead atoms. The minimum absolute atomic E-state index is 0.684. The Morgan fingerprint density at radius 2 is 1.82 bits per heavy atom. The smallest absolute Gasteiger partial charge is 0.0438 e. The number of hydrogen-bond donors (Lipinski definition) is 0. The van der Waals surface area contributed by atoms with Gasteiger partial charge in [0, 0.05) is 5.02 Å². The van der Waals surface area contributed by atoms with E-state index in [1.54, 1.807) is 0 Å². The van der Waals surface area contributed by atoms with Crippen LogP contribution in [0.5, 0.6) is 0 Å². The molecule has 1 unspecified atom stereocenters. The van der Waals surface area contributed by atoms with E-state index in [2.05, 4.69) is 32.9 Å². The second-order valence-corrected chi connectivity index (χ2v) is 4.61. The van der Waals surface area contributed by atoms with Gasteiger partial charge in [-0.05, 0) is 42.9 Å². The molecule has 0 N–H and O–H groups in total. The summed E-state index contributed by atoms with van der Waals surface area (Å²) < 4.78 is 0. The lowest BCUT2D eigenvalue weighted by Crippen LogP contribution is -2.00. The van der Waals surface area contributed by atoms with E-state index in [1.807, 2.05) is 19.9 Å². The van der Waals surface area contributed by atoms with Crippen molar-refractivity contribution in [1.29, 1.82) is 0 Å². The SMILES string of the molecule is CC.CCCCC(CC)c1cccc(Cl)c1C. The van der Waals surface area contributed by atoms with Crippen LogP contribution in [0.15, 0.2) is 18.2 Å². The Balaban J connectivity index is 0.00000121. The van der Waals surface area contributed by atoms with Gasteiger partial charge in [-0.25, -0.2) is 0 Å². The van der Waals surface area contributed by atoms with E-state index < -0.39 is 0 Å². The predicted octanol–water partition coefficient (Wildman–Crippen LogP) is 6.36. The third-order valence-electron chi connectivity index (χ3n) is 3.15. The van der Waals surface area contributed by atoms with Crippen LogP contribution in [0.25, 0.3) is 0 Å². The summed E-state index contributed by atoms with van der Waals surface area (Å²) >= 11 is 6.15. The lowest BCUT2D eigenvalue weighted by atomic mass is 9.88. The largest absolute Gasteiger partial charge is 0.0840 e. The van der Waals surface area contributed by atoms with Gasteiger partial charge in [-0.1, -0.05) is 64.3 Å². The van der Waals surface area contributed by atoms with Crippen molar-refractivity contribution in [2.75, 3.05) is 0 Å². The van der Waals surface area contributed by atoms with Gasteiger partial charge in [0.25, 0.3) is 0 Å². The van der Waals surface area contributed by atoms with Crippen LogP contribution in [-0.2, 0) is 0 Å². The molecule has 1 rings (SSSR count). The van der Waals surface area contributed by atoms with Crippen molar-refractivity contribution >= 4 is 11.6 Å². The highest BCUT2D eigenvalue weighted by atomic mass is 35.5. The molecule has 1 atom stereocenters. The Hall–Kier alpha value is -0.490. The maximum absolute atomic E-state index is 6.15. The molecule has 1 aromatic carbocycles. The summed E-state index contributed by atoms with van der Waals surface area (Å²) in [7, 11) is 0. The molecule has 0 fully saturated rings. The molecule has 0 saturated heterocycles. The fourth-order valence-electron chi connectivity index (χ4n) is 2.10. The van der Waals surface area contributed by atoms with E-state index in [0.717, 1.165) is 5.02 Å². The Bertz CT molecular complexity index is 304. The topological polar surface area (TPSA) is 0 Å². The average molecular weight is 255 g/mol. The number of hydrogen-bond acceptors (Lipinski definition) is 0. The molecule has 0 spiro atoms. The number of unbranched alkanes of at least 4 members (excludes halogenated alkanes) is 1. The molecule has 17 heavy (non-hydrogen) atoms. The second-order valence-electron chi connectivity index (χ2n) is 4.20. The van der Waals surface area contributed by atoms with Gasteiger partial charge in [0.15, 0.2) is 0 Å². The summed E-state index contributed by atoms with van der Waals surface area (Å²) in [5.74, 6) is 0.684. The molecule has 0 aliphatic heterocycles. The first-order valence-electron chi connectivity index (χ1n) is 6.95. The lowest BCUT2D eigenvalue weighted by Gasteiger charge is -2.18. The first-order chi connectivity index (χ1) is 8.20. The van der Waals surface area contributed by atoms with Crippen molar-refractivity contribution in [1.82, 2.24) is 0 Å². The molecule has 0 aliphatic carbocycles. The van der Waals surface area contributed by atoms with Crippen molar-refractivity contribution in [3.05, 3.63) is 34.3 Å². The average Bonchev–Trinajstić information content (AvgIpc) is 2.37. The zero-order chi connectivity index (χ0) is 13.3. The van der Waals surface area contributed by atoms with E-state index in [1.165, 1.54) is 36.8 Å². The van der Waals surface area contributed by atoms with Crippen LogP contribution in [0.4, 0.5) is 0 Å². The maximum atomic E-state index is 6.15. The maximum Gasteiger partial charge on any atom is 0.0438 e. The monoisotopic (exact) mass is 254 g/mol. The van der Waals surface area contributed by atoms with E-state index in [4.69, 9.17) is 11.6 Å². The minimum Gasteiger partial charge on any atom is -0.0840 e. The minimum atomic E-state index is 0.684. The molecule has 98 valence electrons. The third kappa shape index (κ3) is 5.12. The van der Waals surface area contributed by atoms with Gasteiger partial charge in [-0.2, -0.15) is 0 Å². The predicted molar refractivity (Wildman–Crippen MR) is 80.1 cm³/mol. The number of benzene rings is 1. The number of rotatable bonds is 5. The quantitative estimate of drug-likeness (QED) is 0.574. The van der Waals surface area contributed by atoms with Crippen molar-refractivity contribution in [3.63, 3.8) is 0 Å². The highest BCUT2D eigenvalue weighted by molar-refractivity contribution is 6.31. The summed E-state index contributed by atoms with van der Waals surface area (Å²) in [6, 6.07) is 6.28. The van der Waals surface area contributed by atoms with Crippen LogP contribution >= 0.6 is 11.6 Å². The van der Waals surface area contributed by atoms with Crippen molar-refractivity contribution in [3.8, 4) is 0 Å². The molecule has 1 heteroatoms. The summed E-state index contributed by atoms with van der Waals surface area (Å²) in [6.45, 7) is 10.6. The van der Waals surface area contributed by atoms with E-state index in [0.29, 0.717) is 5.92 Å². The van der Waals surface area contributed by atoms with Gasteiger partial charge in [0.2, 0.25) is 0 Å². The zero-order valence-electron chi connectivity index (χ0n) is 12.0. The van der Waals surface area contributed by atoms with Crippen molar-refractivity contribution < 1.29 is 0 Å². The zero-order valence-corrected chi connectivity index (χ0v) is 12.8. The standard InChI is InChI=1S/C14H21Cl.C2H6/c1-4-6-8-12(5-2)13-9-7-10-14(15)11(13)3;1-2/h7,9-10,12H,4-6,8H2,1-3H3;1-2H3. The second kappa shape index (κ2) is 9.53. The molecule has 0 heterocycles. The van der Waals surface area contributed by atoms with Crippen LogP contribution in [0.1, 0.15) is 70.4 Å². The third-order valence-corrected chi connectivity index (χ3v) is 3.56. The lowest BCUT2D eigenvalue weighted by molar-refractivity contribution is 0.567. The Morgan fingerprint density at radius 1 is 1.18 bits per heavy atom. The molecule has 0 aromatic heterocycles. The van der Waals surface area contributed by atoms with E-state index in [-0.39, 0.29) is 0 Å². The fourth-order valence-corrected chi connectivity index (χ4v) is 2.28. The summed E-state index contributed by atoms with van der Waals surface area (Å²) in [4.78, 5) is 0. The van der Waals surface area contributed by atoms with Crippen LogP contribution < -0.4 is 0 Å². The van der Waals surface area contributed by atoms with Gasteiger partial charge < -0.3 is 0 Å². The summed E-state index contributed by atoms with van der Waals surface area (Å²) in [5.41, 5.74) is 2.71. The summed E-state index contributed by atoms with van der Waals surface area (Å²) in [6.07, 6.45) is 5.08. The Labute approximate surface area is 112 Å². The fraction of sp³-hybridized carbons (Fsp3) is 0.625. The van der Waals surface area contributed by atoms with E-state index >= 15 is 0 Å². The van der Waals surface area contributed by atoms with Crippen molar-refractivity contribution in [2.24, 2.45) is 0 Å². The van der Waals surface area contributed by atoms with Crippen molar-refractivity contribution in [2.45, 2.75) is 66.2 Å². The van der Waals surface area contributed by atoms with Crippen LogP contribution in [0, 0.1) is 6.92 Å². The van der Waals surface area contributed by atoms with Gasteiger partial charge in [0.05, 0.1) is 0 Å². The van der Waals surface area contributed by atoms with Crippen LogP contribution in [-0.4, -0.2) is 0 Å². The summed E-state index contributed by atoms with van der Waals surface area (Å²) in [5, 5.41) is 0.905. The Morgan fingerprint density at radius 3 is 2.35 bits per heavy atom. The van der Waals surface area contributed by atoms with E-state index in [9.17, 15) is 0 Å². The normalized spacial score (nSPS) is 11.6.